The lowest BCUT2D eigenvalue weighted by molar-refractivity contribution is -0.116. The molecule has 1 aromatic heterocycles. The van der Waals surface area contributed by atoms with E-state index < -0.39 is 10.0 Å². The largest absolute Gasteiger partial charge is 0.467 e. The van der Waals surface area contributed by atoms with Gasteiger partial charge in [0, 0.05) is 13.0 Å². The standard InChI is InChI=1S/C24H27N3O5S/c1-18-9-3-6-13-22(18)27(33(2,30)31)15-7-14-23(28)26-21-12-5-4-11-20(21)24(29)25-17-19-10-8-16-32-19/h3-6,8-13,16H,7,14-15,17H2,1-2H3,(H,25,29)(H,26,28). The molecule has 174 valence electrons. The number of aryl methyl sites for hydroxylation is 1. The predicted molar refractivity (Wildman–Crippen MR) is 128 cm³/mol. The number of amides is 2. The Labute approximate surface area is 193 Å². The number of para-hydroxylation sites is 2. The normalized spacial score (nSPS) is 11.1. The summed E-state index contributed by atoms with van der Waals surface area (Å²) in [7, 11) is -3.50. The Bertz CT molecular complexity index is 1210. The number of benzene rings is 2. The first-order valence-electron chi connectivity index (χ1n) is 10.5. The highest BCUT2D eigenvalue weighted by Gasteiger charge is 2.19. The summed E-state index contributed by atoms with van der Waals surface area (Å²) >= 11 is 0. The molecule has 0 saturated carbocycles. The molecule has 1 heterocycles. The van der Waals surface area contributed by atoms with Gasteiger partial charge in [-0.1, -0.05) is 30.3 Å². The molecule has 33 heavy (non-hydrogen) atoms. The number of carbonyl (C=O) groups excluding carboxylic acids is 2. The fourth-order valence-corrected chi connectivity index (χ4v) is 4.39. The number of hydrogen-bond acceptors (Lipinski definition) is 5. The van der Waals surface area contributed by atoms with Crippen LogP contribution in [0.15, 0.2) is 71.3 Å². The molecule has 0 radical (unpaired) electrons. The number of hydrogen-bond donors (Lipinski definition) is 2. The van der Waals surface area contributed by atoms with Crippen LogP contribution in [0, 0.1) is 6.92 Å². The van der Waals surface area contributed by atoms with Crippen molar-refractivity contribution in [2.75, 3.05) is 22.4 Å². The lowest BCUT2D eigenvalue weighted by Gasteiger charge is -2.24. The summed E-state index contributed by atoms with van der Waals surface area (Å²) in [6.45, 7) is 2.24. The molecule has 2 aromatic carbocycles. The maximum absolute atomic E-state index is 12.6. The van der Waals surface area contributed by atoms with Gasteiger partial charge in [0.05, 0.1) is 36.0 Å². The fourth-order valence-electron chi connectivity index (χ4n) is 3.37. The first-order chi connectivity index (χ1) is 15.8. The summed E-state index contributed by atoms with van der Waals surface area (Å²) in [6.07, 6.45) is 3.09. The third-order valence-electron chi connectivity index (χ3n) is 5.00. The van der Waals surface area contributed by atoms with Crippen molar-refractivity contribution in [3.8, 4) is 0 Å². The average Bonchev–Trinajstić information content (AvgIpc) is 3.29. The van der Waals surface area contributed by atoms with Crippen LogP contribution in [0.25, 0.3) is 0 Å². The van der Waals surface area contributed by atoms with Gasteiger partial charge in [0.15, 0.2) is 0 Å². The minimum Gasteiger partial charge on any atom is -0.467 e. The molecule has 3 aromatic rings. The van der Waals surface area contributed by atoms with Crippen LogP contribution in [0.3, 0.4) is 0 Å². The summed E-state index contributed by atoms with van der Waals surface area (Å²) < 4.78 is 31.1. The van der Waals surface area contributed by atoms with Crippen molar-refractivity contribution in [3.63, 3.8) is 0 Å². The van der Waals surface area contributed by atoms with Gasteiger partial charge in [-0.25, -0.2) is 8.42 Å². The molecule has 0 aliphatic carbocycles. The average molecular weight is 470 g/mol. The molecule has 2 N–H and O–H groups in total. The van der Waals surface area contributed by atoms with Crippen molar-refractivity contribution in [2.45, 2.75) is 26.3 Å². The Kier molecular flexibility index (Phi) is 7.89. The van der Waals surface area contributed by atoms with Crippen molar-refractivity contribution < 1.29 is 22.4 Å². The highest BCUT2D eigenvalue weighted by atomic mass is 32.2. The van der Waals surface area contributed by atoms with E-state index in [9.17, 15) is 18.0 Å². The molecule has 0 bridgehead atoms. The van der Waals surface area contributed by atoms with E-state index in [1.165, 1.54) is 10.6 Å². The minimum absolute atomic E-state index is 0.0975. The topological polar surface area (TPSA) is 109 Å². The highest BCUT2D eigenvalue weighted by molar-refractivity contribution is 7.92. The quantitative estimate of drug-likeness (QED) is 0.471. The molecule has 0 fully saturated rings. The molecular formula is C24H27N3O5S. The molecule has 9 heteroatoms. The molecule has 0 aliphatic heterocycles. The van der Waals surface area contributed by atoms with Crippen LogP contribution in [0.5, 0.6) is 0 Å². The number of rotatable bonds is 10. The van der Waals surface area contributed by atoms with Crippen molar-refractivity contribution in [3.05, 3.63) is 83.8 Å². The second kappa shape index (κ2) is 10.8. The van der Waals surface area contributed by atoms with E-state index in [4.69, 9.17) is 4.42 Å². The number of anilines is 2. The van der Waals surface area contributed by atoms with Crippen LogP contribution in [0.2, 0.25) is 0 Å². The molecule has 0 aliphatic rings. The van der Waals surface area contributed by atoms with E-state index in [1.807, 2.05) is 19.1 Å². The van der Waals surface area contributed by atoms with Gasteiger partial charge in [0.1, 0.15) is 5.76 Å². The minimum atomic E-state index is -3.50. The number of furan rings is 1. The summed E-state index contributed by atoms with van der Waals surface area (Å²) in [5.41, 5.74) is 2.15. The fraction of sp³-hybridized carbons (Fsp3) is 0.250. The molecule has 2 amide bonds. The first-order valence-corrected chi connectivity index (χ1v) is 12.3. The SMILES string of the molecule is Cc1ccccc1N(CCCC(=O)Nc1ccccc1C(=O)NCc1ccco1)S(C)(=O)=O. The zero-order valence-corrected chi connectivity index (χ0v) is 19.4. The van der Waals surface area contributed by atoms with E-state index in [1.54, 1.807) is 48.5 Å². The van der Waals surface area contributed by atoms with Crippen molar-refractivity contribution in [2.24, 2.45) is 0 Å². The second-order valence-electron chi connectivity index (χ2n) is 7.58. The van der Waals surface area contributed by atoms with Gasteiger partial charge < -0.3 is 15.1 Å². The van der Waals surface area contributed by atoms with Gasteiger partial charge in [-0.2, -0.15) is 0 Å². The van der Waals surface area contributed by atoms with E-state index >= 15 is 0 Å². The van der Waals surface area contributed by atoms with Gasteiger partial charge in [-0.05, 0) is 49.2 Å². The molecule has 0 atom stereocenters. The Morgan fingerprint density at radius 2 is 1.73 bits per heavy atom. The highest BCUT2D eigenvalue weighted by Crippen LogP contribution is 2.23. The van der Waals surface area contributed by atoms with Gasteiger partial charge >= 0.3 is 0 Å². The van der Waals surface area contributed by atoms with Crippen molar-refractivity contribution in [1.29, 1.82) is 0 Å². The maximum atomic E-state index is 12.6. The zero-order valence-electron chi connectivity index (χ0n) is 18.6. The summed E-state index contributed by atoms with van der Waals surface area (Å²) in [5.74, 6) is -0.0291. The number of nitrogens with zero attached hydrogens (tertiary/aromatic N) is 1. The van der Waals surface area contributed by atoms with Crippen LogP contribution >= 0.6 is 0 Å². The van der Waals surface area contributed by atoms with Crippen LogP contribution < -0.4 is 14.9 Å². The van der Waals surface area contributed by atoms with E-state index in [0.717, 1.165) is 11.8 Å². The number of sulfonamides is 1. The van der Waals surface area contributed by atoms with Crippen LogP contribution in [-0.2, 0) is 21.4 Å². The molecule has 0 unspecified atom stereocenters. The third-order valence-corrected chi connectivity index (χ3v) is 6.18. The number of carbonyl (C=O) groups is 2. The molecule has 0 saturated heterocycles. The van der Waals surface area contributed by atoms with Gasteiger partial charge in [0.25, 0.3) is 5.91 Å². The number of nitrogens with one attached hydrogen (secondary N) is 2. The smallest absolute Gasteiger partial charge is 0.253 e. The summed E-state index contributed by atoms with van der Waals surface area (Å²) in [6, 6.07) is 17.4. The predicted octanol–water partition coefficient (Wildman–Crippen LogP) is 3.70. The Balaban J connectivity index is 1.59. The molecule has 8 nitrogen and oxygen atoms in total. The first kappa shape index (κ1) is 24.1. The van der Waals surface area contributed by atoms with E-state index in [2.05, 4.69) is 10.6 Å². The third kappa shape index (κ3) is 6.69. The van der Waals surface area contributed by atoms with Gasteiger partial charge in [-0.15, -0.1) is 0 Å². The zero-order chi connectivity index (χ0) is 23.8. The van der Waals surface area contributed by atoms with Gasteiger partial charge in [0.2, 0.25) is 15.9 Å². The molecular weight excluding hydrogens is 442 g/mol. The Hall–Kier alpha value is -3.59. The van der Waals surface area contributed by atoms with Crippen LogP contribution in [0.4, 0.5) is 11.4 Å². The monoisotopic (exact) mass is 469 g/mol. The van der Waals surface area contributed by atoms with E-state index in [0.29, 0.717) is 29.1 Å². The summed E-state index contributed by atoms with van der Waals surface area (Å²) in [5, 5.41) is 5.51. The second-order valence-corrected chi connectivity index (χ2v) is 9.49. The maximum Gasteiger partial charge on any atom is 0.253 e. The van der Waals surface area contributed by atoms with E-state index in [-0.39, 0.29) is 31.3 Å². The molecule has 3 rings (SSSR count). The van der Waals surface area contributed by atoms with Crippen molar-refractivity contribution >= 4 is 33.2 Å². The Morgan fingerprint density at radius 3 is 2.42 bits per heavy atom. The van der Waals surface area contributed by atoms with Crippen LogP contribution in [-0.4, -0.2) is 33.0 Å². The lowest BCUT2D eigenvalue weighted by atomic mass is 10.1. The Morgan fingerprint density at radius 1 is 1.00 bits per heavy atom. The van der Waals surface area contributed by atoms with Gasteiger partial charge in [-0.3, -0.25) is 13.9 Å². The van der Waals surface area contributed by atoms with Crippen LogP contribution in [0.1, 0.15) is 34.5 Å². The lowest BCUT2D eigenvalue weighted by Crippen LogP contribution is -2.32. The summed E-state index contributed by atoms with van der Waals surface area (Å²) in [4.78, 5) is 25.1. The van der Waals surface area contributed by atoms with Crippen molar-refractivity contribution in [1.82, 2.24) is 5.32 Å². The molecule has 0 spiro atoms.